The summed E-state index contributed by atoms with van der Waals surface area (Å²) in [6.45, 7) is 4.16. The zero-order valence-electron chi connectivity index (χ0n) is 12.2. The van der Waals surface area contributed by atoms with Gasteiger partial charge in [-0.2, -0.15) is 5.10 Å². The first kappa shape index (κ1) is 16.9. The summed E-state index contributed by atoms with van der Waals surface area (Å²) in [6.07, 6.45) is 3.32. The summed E-state index contributed by atoms with van der Waals surface area (Å²) in [5, 5.41) is 9.15. The van der Waals surface area contributed by atoms with Gasteiger partial charge in [-0.05, 0) is 53.5 Å². The van der Waals surface area contributed by atoms with Crippen molar-refractivity contribution in [3.63, 3.8) is 0 Å². The molecule has 23 heavy (non-hydrogen) atoms. The number of hydrogen-bond acceptors (Lipinski definition) is 5. The van der Waals surface area contributed by atoms with Crippen molar-refractivity contribution in [1.29, 1.82) is 0 Å². The van der Waals surface area contributed by atoms with E-state index in [1.165, 1.54) is 11.3 Å². The third kappa shape index (κ3) is 5.65. The Morgan fingerprint density at radius 2 is 2.13 bits per heavy atom. The van der Waals surface area contributed by atoms with Gasteiger partial charge in [0.25, 0.3) is 0 Å². The molecule has 7 heteroatoms. The standard InChI is InChI=1S/C16H15N3O2S2/c1-2-9-17-16(22)19-18-11-12-5-7-13(8-6-12)21-15(20)14-4-3-10-23-14/h2-8,10-11H,1,9H2,(H2,17,19,22)/b18-11+. The maximum Gasteiger partial charge on any atom is 0.353 e. The molecular formula is C16H15N3O2S2. The monoisotopic (exact) mass is 345 g/mol. The van der Waals surface area contributed by atoms with Crippen LogP contribution in [0.1, 0.15) is 15.2 Å². The normalized spacial score (nSPS) is 10.3. The largest absolute Gasteiger partial charge is 0.422 e. The van der Waals surface area contributed by atoms with Gasteiger partial charge in [-0.3, -0.25) is 5.43 Å². The number of ether oxygens (including phenoxy) is 1. The van der Waals surface area contributed by atoms with Gasteiger partial charge < -0.3 is 10.1 Å². The third-order valence-corrected chi connectivity index (χ3v) is 3.69. The number of rotatable bonds is 6. The molecule has 0 saturated carbocycles. The number of nitrogens with zero attached hydrogens (tertiary/aromatic N) is 1. The minimum absolute atomic E-state index is 0.360. The molecule has 0 saturated heterocycles. The van der Waals surface area contributed by atoms with Gasteiger partial charge in [0.05, 0.1) is 6.21 Å². The Bertz CT molecular complexity index is 695. The molecule has 1 heterocycles. The predicted molar refractivity (Wildman–Crippen MR) is 97.2 cm³/mol. The Hall–Kier alpha value is -2.51. The van der Waals surface area contributed by atoms with E-state index >= 15 is 0 Å². The minimum atomic E-state index is -0.360. The van der Waals surface area contributed by atoms with Crippen LogP contribution in [0.4, 0.5) is 0 Å². The zero-order chi connectivity index (χ0) is 16.5. The number of carbonyl (C=O) groups is 1. The van der Waals surface area contributed by atoms with Crippen molar-refractivity contribution in [1.82, 2.24) is 10.7 Å². The van der Waals surface area contributed by atoms with Gasteiger partial charge in [-0.1, -0.05) is 12.1 Å². The quantitative estimate of drug-likeness (QED) is 0.210. The van der Waals surface area contributed by atoms with Crippen LogP contribution in [-0.2, 0) is 0 Å². The van der Waals surface area contributed by atoms with Crippen LogP contribution in [-0.4, -0.2) is 23.8 Å². The van der Waals surface area contributed by atoms with Crippen molar-refractivity contribution >= 4 is 40.9 Å². The average Bonchev–Trinajstić information content (AvgIpc) is 3.09. The molecular weight excluding hydrogens is 330 g/mol. The second-order valence-electron chi connectivity index (χ2n) is 4.30. The van der Waals surface area contributed by atoms with Crippen LogP contribution in [0, 0.1) is 0 Å². The SMILES string of the molecule is C=CCNC(=S)N/N=C/c1ccc(OC(=O)c2cccs2)cc1. The summed E-state index contributed by atoms with van der Waals surface area (Å²) in [5.74, 6) is 0.124. The van der Waals surface area contributed by atoms with E-state index < -0.39 is 0 Å². The molecule has 5 nitrogen and oxygen atoms in total. The van der Waals surface area contributed by atoms with Crippen molar-refractivity contribution in [3.05, 3.63) is 64.9 Å². The Morgan fingerprint density at radius 1 is 1.35 bits per heavy atom. The third-order valence-electron chi connectivity index (χ3n) is 2.60. The Kier molecular flexibility index (Phi) is 6.46. The van der Waals surface area contributed by atoms with Crippen molar-refractivity contribution in [2.45, 2.75) is 0 Å². The first-order valence-corrected chi connectivity index (χ1v) is 8.01. The van der Waals surface area contributed by atoms with Gasteiger partial charge in [0, 0.05) is 6.54 Å². The van der Waals surface area contributed by atoms with E-state index in [0.29, 0.717) is 22.3 Å². The van der Waals surface area contributed by atoms with Gasteiger partial charge in [0.2, 0.25) is 0 Å². The molecule has 0 spiro atoms. The molecule has 0 fully saturated rings. The Labute approximate surface area is 143 Å². The van der Waals surface area contributed by atoms with Crippen molar-refractivity contribution in [2.24, 2.45) is 5.10 Å². The van der Waals surface area contributed by atoms with Crippen LogP contribution in [0.15, 0.2) is 59.5 Å². The highest BCUT2D eigenvalue weighted by Crippen LogP contribution is 2.16. The van der Waals surface area contributed by atoms with E-state index in [0.717, 1.165) is 5.56 Å². The van der Waals surface area contributed by atoms with Crippen LogP contribution in [0.3, 0.4) is 0 Å². The van der Waals surface area contributed by atoms with Crippen molar-refractivity contribution in [3.8, 4) is 5.75 Å². The number of thiocarbonyl (C=S) groups is 1. The lowest BCUT2D eigenvalue weighted by Gasteiger charge is -2.04. The fourth-order valence-corrected chi connectivity index (χ4v) is 2.28. The van der Waals surface area contributed by atoms with E-state index in [1.54, 1.807) is 42.6 Å². The van der Waals surface area contributed by atoms with Gasteiger partial charge in [-0.15, -0.1) is 17.9 Å². The number of hydrazone groups is 1. The number of hydrogen-bond donors (Lipinski definition) is 2. The summed E-state index contributed by atoms with van der Waals surface area (Å²) < 4.78 is 5.27. The van der Waals surface area contributed by atoms with Crippen molar-refractivity contribution in [2.75, 3.05) is 6.54 Å². The van der Waals surface area contributed by atoms with Crippen LogP contribution in [0.5, 0.6) is 5.75 Å². The van der Waals surface area contributed by atoms with E-state index in [4.69, 9.17) is 17.0 Å². The number of carbonyl (C=O) groups excluding carboxylic acids is 1. The first-order chi connectivity index (χ1) is 11.2. The lowest BCUT2D eigenvalue weighted by Crippen LogP contribution is -2.31. The molecule has 1 aromatic carbocycles. The molecule has 2 N–H and O–H groups in total. The summed E-state index contributed by atoms with van der Waals surface area (Å²) >= 11 is 6.35. The van der Waals surface area contributed by atoms with Gasteiger partial charge in [0.1, 0.15) is 10.6 Å². The van der Waals surface area contributed by atoms with Gasteiger partial charge in [-0.25, -0.2) is 4.79 Å². The number of nitrogens with one attached hydrogen (secondary N) is 2. The molecule has 0 atom stereocenters. The second-order valence-corrected chi connectivity index (χ2v) is 5.66. The molecule has 0 radical (unpaired) electrons. The van der Waals surface area contributed by atoms with Gasteiger partial charge >= 0.3 is 5.97 Å². The molecule has 0 aliphatic heterocycles. The summed E-state index contributed by atoms with van der Waals surface area (Å²) in [4.78, 5) is 12.4. The zero-order valence-corrected chi connectivity index (χ0v) is 13.8. The number of benzene rings is 1. The van der Waals surface area contributed by atoms with Crippen molar-refractivity contribution < 1.29 is 9.53 Å². The van der Waals surface area contributed by atoms with Crippen LogP contribution >= 0.6 is 23.6 Å². The summed E-state index contributed by atoms with van der Waals surface area (Å²) in [7, 11) is 0. The van der Waals surface area contributed by atoms with Crippen LogP contribution in [0.25, 0.3) is 0 Å². The number of thiophene rings is 1. The van der Waals surface area contributed by atoms with Gasteiger partial charge in [0.15, 0.2) is 5.11 Å². The fourth-order valence-electron chi connectivity index (χ4n) is 1.54. The highest BCUT2D eigenvalue weighted by Gasteiger charge is 2.08. The summed E-state index contributed by atoms with van der Waals surface area (Å²) in [5.41, 5.74) is 3.54. The minimum Gasteiger partial charge on any atom is -0.422 e. The molecule has 0 amide bonds. The number of esters is 1. The molecule has 0 bridgehead atoms. The average molecular weight is 345 g/mol. The maximum atomic E-state index is 11.8. The smallest absolute Gasteiger partial charge is 0.353 e. The lowest BCUT2D eigenvalue weighted by molar-refractivity contribution is 0.0740. The maximum absolute atomic E-state index is 11.8. The molecule has 0 aliphatic carbocycles. The molecule has 1 aromatic heterocycles. The van der Waals surface area contributed by atoms with E-state index in [2.05, 4.69) is 22.4 Å². The molecule has 2 aromatic rings. The van der Waals surface area contributed by atoms with E-state index in [1.807, 2.05) is 11.4 Å². The fraction of sp³-hybridized carbons (Fsp3) is 0.0625. The second kappa shape index (κ2) is 8.82. The molecule has 2 rings (SSSR count). The molecule has 0 aliphatic rings. The summed E-state index contributed by atoms with van der Waals surface area (Å²) in [6, 6.07) is 10.5. The highest BCUT2D eigenvalue weighted by atomic mass is 32.1. The highest BCUT2D eigenvalue weighted by molar-refractivity contribution is 7.80. The predicted octanol–water partition coefficient (Wildman–Crippen LogP) is 2.95. The molecule has 0 unspecified atom stereocenters. The lowest BCUT2D eigenvalue weighted by atomic mass is 10.2. The topological polar surface area (TPSA) is 62.7 Å². The Balaban J connectivity index is 1.85. The van der Waals surface area contributed by atoms with Crippen LogP contribution in [0.2, 0.25) is 0 Å². The molecule has 118 valence electrons. The Morgan fingerprint density at radius 3 is 2.78 bits per heavy atom. The van der Waals surface area contributed by atoms with E-state index in [9.17, 15) is 4.79 Å². The van der Waals surface area contributed by atoms with Crippen LogP contribution < -0.4 is 15.5 Å². The first-order valence-electron chi connectivity index (χ1n) is 6.72. The van der Waals surface area contributed by atoms with E-state index in [-0.39, 0.29) is 5.97 Å².